The number of hydrogen-bond donors (Lipinski definition) is 2. The zero-order valence-corrected chi connectivity index (χ0v) is 17.5. The molecule has 1 aromatic rings. The summed E-state index contributed by atoms with van der Waals surface area (Å²) in [6.07, 6.45) is 7.39. The molecule has 1 atom stereocenters. The van der Waals surface area contributed by atoms with Gasteiger partial charge in [-0.05, 0) is 38.5 Å². The summed E-state index contributed by atoms with van der Waals surface area (Å²) in [5.74, 6) is 2.93. The molecule has 1 unspecified atom stereocenters. The van der Waals surface area contributed by atoms with Gasteiger partial charge in [-0.1, -0.05) is 19.8 Å². The Kier molecular flexibility index (Phi) is 6.88. The van der Waals surface area contributed by atoms with E-state index in [-0.39, 0.29) is 24.0 Å². The van der Waals surface area contributed by atoms with Gasteiger partial charge in [0.1, 0.15) is 11.6 Å². The molecule has 0 saturated heterocycles. The van der Waals surface area contributed by atoms with E-state index in [0.29, 0.717) is 11.5 Å². The molecule has 1 aliphatic heterocycles. The molecule has 1 saturated carbocycles. The van der Waals surface area contributed by atoms with Crippen LogP contribution >= 0.6 is 24.0 Å². The molecule has 2 heterocycles. The lowest BCUT2D eigenvalue weighted by Gasteiger charge is -2.26. The minimum atomic E-state index is 0. The molecule has 0 aromatic carbocycles. The van der Waals surface area contributed by atoms with E-state index in [2.05, 4.69) is 34.6 Å². The van der Waals surface area contributed by atoms with E-state index in [1.165, 1.54) is 25.7 Å². The first kappa shape index (κ1) is 19.5. The van der Waals surface area contributed by atoms with Gasteiger partial charge in [0.05, 0.1) is 6.54 Å². The van der Waals surface area contributed by atoms with Crippen molar-refractivity contribution in [3.05, 3.63) is 11.6 Å². The Morgan fingerprint density at radius 3 is 2.83 bits per heavy atom. The molecule has 3 rings (SSSR count). The summed E-state index contributed by atoms with van der Waals surface area (Å²) in [6.45, 7) is 9.14. The predicted molar refractivity (Wildman–Crippen MR) is 108 cm³/mol. The molecule has 136 valence electrons. The van der Waals surface area contributed by atoms with Gasteiger partial charge in [0.25, 0.3) is 0 Å². The first-order chi connectivity index (χ1) is 11.1. The van der Waals surface area contributed by atoms with Gasteiger partial charge in [0.15, 0.2) is 5.96 Å². The van der Waals surface area contributed by atoms with Crippen molar-refractivity contribution in [3.63, 3.8) is 0 Å². The lowest BCUT2D eigenvalue weighted by Crippen LogP contribution is -2.47. The molecule has 6 nitrogen and oxygen atoms in total. The van der Waals surface area contributed by atoms with E-state index >= 15 is 0 Å². The number of halogens is 1. The summed E-state index contributed by atoms with van der Waals surface area (Å²) >= 11 is 0. The van der Waals surface area contributed by atoms with Crippen molar-refractivity contribution in [1.82, 2.24) is 25.4 Å². The van der Waals surface area contributed by atoms with Gasteiger partial charge in [-0.15, -0.1) is 24.0 Å². The number of fused-ring (bicyclic) bond motifs is 1. The van der Waals surface area contributed by atoms with Crippen molar-refractivity contribution in [2.45, 2.75) is 71.9 Å². The molecule has 7 heteroatoms. The SMILES string of the molecule is CCNC(=NCC1(C)CCCC1)NC1CCc2nc(C)nn2C1.I. The number of aliphatic imine (C=N–C) groups is 1. The number of aryl methyl sites for hydroxylation is 2. The summed E-state index contributed by atoms with van der Waals surface area (Å²) in [5.41, 5.74) is 0.394. The number of hydrogen-bond acceptors (Lipinski definition) is 3. The second-order valence-corrected chi connectivity index (χ2v) is 7.35. The summed E-state index contributed by atoms with van der Waals surface area (Å²) in [4.78, 5) is 9.35. The third-order valence-electron chi connectivity index (χ3n) is 5.08. The number of nitrogens with zero attached hydrogens (tertiary/aromatic N) is 4. The Morgan fingerprint density at radius 2 is 2.12 bits per heavy atom. The summed E-state index contributed by atoms with van der Waals surface area (Å²) in [5, 5.41) is 11.5. The molecule has 0 bridgehead atoms. The van der Waals surface area contributed by atoms with Crippen LogP contribution in [0.25, 0.3) is 0 Å². The van der Waals surface area contributed by atoms with Crippen LogP contribution in [0, 0.1) is 12.3 Å². The standard InChI is InChI=1S/C17H30N6.HI/c1-4-18-16(19-12-17(3)9-5-6-10-17)21-14-7-8-15-20-13(2)22-23(15)11-14;/h14H,4-12H2,1-3H3,(H2,18,19,21);1H. The van der Waals surface area contributed by atoms with Crippen LogP contribution in [-0.4, -0.2) is 39.9 Å². The molecule has 1 aliphatic carbocycles. The van der Waals surface area contributed by atoms with Crippen LogP contribution in [0.15, 0.2) is 4.99 Å². The van der Waals surface area contributed by atoms with Crippen molar-refractivity contribution in [2.75, 3.05) is 13.1 Å². The van der Waals surface area contributed by atoms with Crippen molar-refractivity contribution in [1.29, 1.82) is 0 Å². The van der Waals surface area contributed by atoms with E-state index in [4.69, 9.17) is 4.99 Å². The minimum absolute atomic E-state index is 0. The average Bonchev–Trinajstić information content (AvgIpc) is 3.10. The first-order valence-corrected chi connectivity index (χ1v) is 9.03. The largest absolute Gasteiger partial charge is 0.357 e. The van der Waals surface area contributed by atoms with Crippen molar-refractivity contribution < 1.29 is 0 Å². The maximum Gasteiger partial charge on any atom is 0.191 e. The van der Waals surface area contributed by atoms with Gasteiger partial charge in [0, 0.05) is 25.6 Å². The van der Waals surface area contributed by atoms with Crippen LogP contribution in [0.5, 0.6) is 0 Å². The molecule has 1 fully saturated rings. The van der Waals surface area contributed by atoms with Crippen molar-refractivity contribution >= 4 is 29.9 Å². The minimum Gasteiger partial charge on any atom is -0.357 e. The quantitative estimate of drug-likeness (QED) is 0.424. The Bertz CT molecular complexity index is 561. The fourth-order valence-electron chi connectivity index (χ4n) is 3.72. The maximum absolute atomic E-state index is 4.87. The van der Waals surface area contributed by atoms with Gasteiger partial charge >= 0.3 is 0 Å². The van der Waals surface area contributed by atoms with Gasteiger partial charge in [0.2, 0.25) is 0 Å². The fraction of sp³-hybridized carbons (Fsp3) is 0.824. The molecule has 0 radical (unpaired) electrons. The van der Waals surface area contributed by atoms with Gasteiger partial charge in [-0.25, -0.2) is 9.67 Å². The van der Waals surface area contributed by atoms with Crippen LogP contribution in [0.2, 0.25) is 0 Å². The van der Waals surface area contributed by atoms with Gasteiger partial charge < -0.3 is 10.6 Å². The second-order valence-electron chi connectivity index (χ2n) is 7.35. The topological polar surface area (TPSA) is 67.1 Å². The normalized spacial score (nSPS) is 22.6. The van der Waals surface area contributed by atoms with Crippen molar-refractivity contribution in [3.8, 4) is 0 Å². The molecule has 2 N–H and O–H groups in total. The molecule has 2 aliphatic rings. The van der Waals surface area contributed by atoms with Crippen molar-refractivity contribution in [2.24, 2.45) is 10.4 Å². The molecule has 0 spiro atoms. The van der Waals surface area contributed by atoms with Crippen LogP contribution in [0.4, 0.5) is 0 Å². The summed E-state index contributed by atoms with van der Waals surface area (Å²) < 4.78 is 2.04. The van der Waals surface area contributed by atoms with Crippen LogP contribution < -0.4 is 10.6 Å². The highest BCUT2D eigenvalue weighted by Crippen LogP contribution is 2.37. The van der Waals surface area contributed by atoms with Crippen LogP contribution in [0.1, 0.15) is 57.6 Å². The molecule has 1 aromatic heterocycles. The Labute approximate surface area is 162 Å². The highest BCUT2D eigenvalue weighted by atomic mass is 127. The monoisotopic (exact) mass is 446 g/mol. The lowest BCUT2D eigenvalue weighted by molar-refractivity contribution is 0.348. The third kappa shape index (κ3) is 4.83. The Morgan fingerprint density at radius 1 is 1.38 bits per heavy atom. The van der Waals surface area contributed by atoms with E-state index in [1.807, 2.05) is 11.6 Å². The molecular weight excluding hydrogens is 415 g/mol. The zero-order chi connectivity index (χ0) is 16.3. The Balaban J connectivity index is 0.00000208. The highest BCUT2D eigenvalue weighted by molar-refractivity contribution is 14.0. The summed E-state index contributed by atoms with van der Waals surface area (Å²) in [6, 6.07) is 0.373. The number of guanidine groups is 1. The first-order valence-electron chi connectivity index (χ1n) is 9.03. The molecule has 0 amide bonds. The van der Waals surface area contributed by atoms with E-state index < -0.39 is 0 Å². The van der Waals surface area contributed by atoms with E-state index in [1.54, 1.807) is 0 Å². The summed E-state index contributed by atoms with van der Waals surface area (Å²) in [7, 11) is 0. The zero-order valence-electron chi connectivity index (χ0n) is 15.1. The number of aromatic nitrogens is 3. The lowest BCUT2D eigenvalue weighted by atomic mass is 9.89. The van der Waals surface area contributed by atoms with Gasteiger partial charge in [-0.2, -0.15) is 5.10 Å². The third-order valence-corrected chi connectivity index (χ3v) is 5.08. The van der Waals surface area contributed by atoms with Crippen LogP contribution in [-0.2, 0) is 13.0 Å². The number of nitrogens with one attached hydrogen (secondary N) is 2. The number of rotatable bonds is 4. The maximum atomic E-state index is 4.87. The average molecular weight is 446 g/mol. The molecule has 24 heavy (non-hydrogen) atoms. The molecular formula is C17H31IN6. The highest BCUT2D eigenvalue weighted by Gasteiger charge is 2.28. The van der Waals surface area contributed by atoms with Crippen LogP contribution in [0.3, 0.4) is 0 Å². The van der Waals surface area contributed by atoms with Gasteiger partial charge in [-0.3, -0.25) is 4.99 Å². The van der Waals surface area contributed by atoms with E-state index in [9.17, 15) is 0 Å². The fourth-order valence-corrected chi connectivity index (χ4v) is 3.72. The smallest absolute Gasteiger partial charge is 0.191 e. The van der Waals surface area contributed by atoms with E-state index in [0.717, 1.165) is 50.1 Å². The second kappa shape index (κ2) is 8.49. The predicted octanol–water partition coefficient (Wildman–Crippen LogP) is 2.65. The Hall–Kier alpha value is -0.860.